The molecule has 0 saturated carbocycles. The highest BCUT2D eigenvalue weighted by Crippen LogP contribution is 2.50. The Kier molecular flexibility index (Phi) is 17.4. The minimum Gasteiger partial charge on any atom is -0.505 e. The topological polar surface area (TPSA) is 396 Å². The van der Waals surface area contributed by atoms with Crippen molar-refractivity contribution in [3.05, 3.63) is 42.0 Å². The highest BCUT2D eigenvalue weighted by Gasteiger charge is 2.28. The third-order valence-corrected chi connectivity index (χ3v) is 13.8. The molecule has 0 heterocycles. The number of phenols is 1. The molecule has 0 spiro atoms. The van der Waals surface area contributed by atoms with Crippen LogP contribution in [0.15, 0.2) is 76.4 Å². The number of phenolic OH excluding ortho intramolecular Hbond substituents is 1. The van der Waals surface area contributed by atoms with Gasteiger partial charge in [-0.05, 0) is 36.1 Å². The van der Waals surface area contributed by atoms with E-state index < -0.39 is 96.7 Å². The van der Waals surface area contributed by atoms with Crippen molar-refractivity contribution in [2.75, 3.05) is 51.8 Å². The molecule has 0 unspecified atom stereocenters. The molecule has 346 valence electrons. The van der Waals surface area contributed by atoms with Crippen LogP contribution in [0, 0.1) is 6.92 Å². The molecule has 0 radical (unpaired) electrons. The maximum atomic E-state index is 13.1. The van der Waals surface area contributed by atoms with Crippen molar-refractivity contribution in [1.82, 2.24) is 0 Å². The van der Waals surface area contributed by atoms with Crippen LogP contribution < -0.4 is 19.9 Å². The largest absolute Gasteiger partial charge is 0.505 e. The molecular weight excluding hydrogens is 975 g/mol. The summed E-state index contributed by atoms with van der Waals surface area (Å²) in [6.07, 6.45) is 0. The summed E-state index contributed by atoms with van der Waals surface area (Å²) in [6.45, 7) is 0.0739. The van der Waals surface area contributed by atoms with Gasteiger partial charge in [0.05, 0.1) is 79.0 Å². The van der Waals surface area contributed by atoms with E-state index >= 15 is 0 Å². The van der Waals surface area contributed by atoms with E-state index in [4.69, 9.17) is 39.2 Å². The van der Waals surface area contributed by atoms with Gasteiger partial charge in [-0.15, -0.1) is 29.1 Å². The van der Waals surface area contributed by atoms with Gasteiger partial charge >= 0.3 is 10.4 Å². The second kappa shape index (κ2) is 21.4. The second-order valence-electron chi connectivity index (χ2n) is 11.8. The van der Waals surface area contributed by atoms with Crippen LogP contribution >= 0.6 is 24.4 Å². The molecule has 4 aromatic carbocycles. The number of benzene rings is 4. The summed E-state index contributed by atoms with van der Waals surface area (Å²) in [4.78, 5) is -1.91. The number of azo groups is 2. The van der Waals surface area contributed by atoms with Gasteiger partial charge in [-0.3, -0.25) is 13.3 Å². The first-order valence-corrected chi connectivity index (χ1v) is 23.9. The molecular formula is C30H33N5O22S6. The minimum atomic E-state index is -5.21. The van der Waals surface area contributed by atoms with Gasteiger partial charge in [0, 0.05) is 18.2 Å². The minimum absolute atomic E-state index is 0.0807. The molecule has 0 aliphatic carbocycles. The number of aromatic hydroxyl groups is 1. The molecule has 0 fully saturated rings. The van der Waals surface area contributed by atoms with Crippen LogP contribution in [0.25, 0.3) is 10.8 Å². The molecule has 0 amide bonds. The molecule has 63 heavy (non-hydrogen) atoms. The van der Waals surface area contributed by atoms with Gasteiger partial charge in [-0.1, -0.05) is 10.1 Å². The lowest BCUT2D eigenvalue weighted by Gasteiger charge is -2.15. The van der Waals surface area contributed by atoms with Crippen molar-refractivity contribution in [2.24, 2.45) is 20.5 Å². The highest BCUT2D eigenvalue weighted by atomic mass is 32.3. The molecule has 7 N–H and O–H groups in total. The lowest BCUT2D eigenvalue weighted by Crippen LogP contribution is -2.16. The Labute approximate surface area is 365 Å². The van der Waals surface area contributed by atoms with Gasteiger partial charge in [0.25, 0.3) is 10.1 Å². The first kappa shape index (κ1) is 51.1. The highest BCUT2D eigenvalue weighted by molar-refractivity contribution is 7.94. The summed E-state index contributed by atoms with van der Waals surface area (Å²) >= 11 is 0.423. The average molecular weight is 1010 g/mol. The van der Waals surface area contributed by atoms with Gasteiger partial charge in [-0.2, -0.15) is 16.8 Å². The van der Waals surface area contributed by atoms with E-state index in [1.807, 2.05) is 0 Å². The average Bonchev–Trinajstić information content (AvgIpc) is 3.20. The molecule has 0 aromatic heterocycles. The van der Waals surface area contributed by atoms with Crippen molar-refractivity contribution in [1.29, 1.82) is 0 Å². The maximum absolute atomic E-state index is 13.1. The summed E-state index contributed by atoms with van der Waals surface area (Å²) in [5.41, 5.74) is 4.28. The van der Waals surface area contributed by atoms with Crippen molar-refractivity contribution >= 4 is 104 Å². The van der Waals surface area contributed by atoms with E-state index in [1.54, 1.807) is 0 Å². The number of anilines is 1. The Hall–Kier alpha value is -4.56. The van der Waals surface area contributed by atoms with Gasteiger partial charge in [-0.25, -0.2) is 31.5 Å². The van der Waals surface area contributed by atoms with Crippen LogP contribution in [0.1, 0.15) is 5.56 Å². The fraction of sp³-hybridized carbons (Fsp3) is 0.267. The van der Waals surface area contributed by atoms with Gasteiger partial charge in [0.2, 0.25) is 0 Å². The second-order valence-corrected chi connectivity index (χ2v) is 19.7. The zero-order valence-corrected chi connectivity index (χ0v) is 37.2. The number of fused-ring (bicyclic) bond motifs is 1. The summed E-state index contributed by atoms with van der Waals surface area (Å²) < 4.78 is 152. The Morgan fingerprint density at radius 1 is 0.667 bits per heavy atom. The molecule has 33 heteroatoms. The standard InChI is InChI=1S/C30H33N5O22S6/c1-15-9-17(19(49-2)13-23(15)60(39,40)7-5-52-59-57-55-38)32-34-28-22(58-56-54-37)10-16-11-25(62(43,44)45)29(27(31)26(16)30(28)36)35-33-18-12-21(51-4)24(14-20(18)50-3)61(41,42)8-6-53-63(46,47)48/h9-14,36-38H,5-8,31H2,1-4H3,(H,43,44,45)(H,46,47,48)/b34-32+,35-33+. The molecule has 4 aromatic rings. The van der Waals surface area contributed by atoms with Crippen molar-refractivity contribution in [2.45, 2.75) is 26.5 Å². The number of hydrogen-bond acceptors (Lipinski definition) is 27. The van der Waals surface area contributed by atoms with Crippen LogP contribution in [0.5, 0.6) is 23.0 Å². The lowest BCUT2D eigenvalue weighted by atomic mass is 10.1. The quantitative estimate of drug-likeness (QED) is 0.0104. The molecule has 27 nitrogen and oxygen atoms in total. The molecule has 0 aliphatic rings. The molecule has 0 aliphatic heterocycles. The van der Waals surface area contributed by atoms with E-state index in [2.05, 4.69) is 43.4 Å². The number of hydrogen-bond donors (Lipinski definition) is 6. The summed E-state index contributed by atoms with van der Waals surface area (Å²) in [5.74, 6) is -3.15. The zero-order chi connectivity index (χ0) is 46.9. The Bertz CT molecular complexity index is 2860. The molecule has 4 rings (SSSR count). The third kappa shape index (κ3) is 12.8. The number of rotatable bonds is 23. The molecule has 0 saturated heterocycles. The molecule has 0 atom stereocenters. The first-order valence-electron chi connectivity index (χ1n) is 16.4. The summed E-state index contributed by atoms with van der Waals surface area (Å²) in [7, 11) is -15.2. The van der Waals surface area contributed by atoms with Crippen LogP contribution in [0.2, 0.25) is 0 Å². The number of nitrogens with zero attached hydrogens (tertiary/aromatic N) is 4. The molecule has 0 bridgehead atoms. The number of sulfone groups is 2. The fourth-order valence-electron chi connectivity index (χ4n) is 5.32. The van der Waals surface area contributed by atoms with Crippen molar-refractivity contribution in [3.63, 3.8) is 0 Å². The van der Waals surface area contributed by atoms with Crippen LogP contribution in [-0.4, -0.2) is 104 Å². The van der Waals surface area contributed by atoms with Crippen molar-refractivity contribution in [3.8, 4) is 23.0 Å². The summed E-state index contributed by atoms with van der Waals surface area (Å²) in [5, 5.41) is 51.1. The predicted octanol–water partition coefficient (Wildman–Crippen LogP) is 5.34. The van der Waals surface area contributed by atoms with Crippen LogP contribution in [-0.2, 0) is 67.3 Å². The summed E-state index contributed by atoms with van der Waals surface area (Å²) in [6, 6.07) is 6.28. The zero-order valence-electron chi connectivity index (χ0n) is 32.3. The van der Waals surface area contributed by atoms with E-state index in [0.29, 0.717) is 0 Å². The smallest absolute Gasteiger partial charge is 0.397 e. The van der Waals surface area contributed by atoms with E-state index in [0.717, 1.165) is 44.6 Å². The Balaban J connectivity index is 1.87. The fourth-order valence-corrected chi connectivity index (χ4v) is 9.82. The predicted molar refractivity (Wildman–Crippen MR) is 216 cm³/mol. The Morgan fingerprint density at radius 2 is 1.22 bits per heavy atom. The maximum Gasteiger partial charge on any atom is 0.397 e. The van der Waals surface area contributed by atoms with Gasteiger partial charge in [0.15, 0.2) is 37.7 Å². The van der Waals surface area contributed by atoms with Crippen LogP contribution in [0.3, 0.4) is 0 Å². The number of aryl methyl sites for hydroxylation is 1. The van der Waals surface area contributed by atoms with Gasteiger partial charge < -0.3 is 25.1 Å². The number of methoxy groups -OCH3 is 3. The van der Waals surface area contributed by atoms with E-state index in [-0.39, 0.29) is 80.0 Å². The van der Waals surface area contributed by atoms with Gasteiger partial charge in [0.1, 0.15) is 49.8 Å². The van der Waals surface area contributed by atoms with E-state index in [9.17, 15) is 43.3 Å². The first-order chi connectivity index (χ1) is 29.5. The Morgan fingerprint density at radius 3 is 1.79 bits per heavy atom. The van der Waals surface area contributed by atoms with Crippen LogP contribution in [0.4, 0.5) is 28.4 Å². The number of ether oxygens (including phenoxy) is 3. The van der Waals surface area contributed by atoms with E-state index in [1.165, 1.54) is 20.1 Å². The monoisotopic (exact) mass is 1010 g/mol. The lowest BCUT2D eigenvalue weighted by molar-refractivity contribution is -0.434. The number of nitrogens with two attached hydrogens (primary N) is 1. The third-order valence-electron chi connectivity index (χ3n) is 8.00. The normalized spacial score (nSPS) is 12.8. The number of nitrogen functional groups attached to an aromatic ring is 1. The van der Waals surface area contributed by atoms with Crippen molar-refractivity contribution < 1.29 is 99.7 Å². The SMILES string of the molecule is COc1cc(S(=O)(=O)CCOS(=O)(=O)O)c(OC)cc1/N=N/c1c(S(=O)(=O)O)cc2cc(SOOO)c(/N=N/c3cc(C)c(S(=O)(=O)CCOSOOO)cc3OC)c(O)c2c1N.